The Hall–Kier alpha value is -1.20. The van der Waals surface area contributed by atoms with E-state index in [9.17, 15) is 0 Å². The van der Waals surface area contributed by atoms with Crippen molar-refractivity contribution in [2.45, 2.75) is 51.9 Å². The molecule has 0 radical (unpaired) electrons. The Morgan fingerprint density at radius 2 is 1.91 bits per heavy atom. The van der Waals surface area contributed by atoms with Crippen molar-refractivity contribution in [3.63, 3.8) is 0 Å². The van der Waals surface area contributed by atoms with Crippen LogP contribution in [0.1, 0.15) is 48.9 Å². The minimum Gasteiger partial charge on any atom is -0.353 e. The summed E-state index contributed by atoms with van der Waals surface area (Å²) in [5, 5.41) is 4.84. The summed E-state index contributed by atoms with van der Waals surface area (Å²) in [6, 6.07) is 0. The normalized spacial score (nSPS) is 18.9. The van der Waals surface area contributed by atoms with Gasteiger partial charge in [-0.3, -0.25) is 0 Å². The molecule has 4 nitrogen and oxygen atoms in total. The van der Waals surface area contributed by atoms with E-state index >= 15 is 0 Å². The number of rotatable bonds is 3. The minimum absolute atomic E-state index is 0.984. The van der Waals surface area contributed by atoms with Crippen LogP contribution in [0.3, 0.4) is 0 Å². The fourth-order valence-electron chi connectivity index (χ4n) is 3.80. The van der Waals surface area contributed by atoms with E-state index in [0.29, 0.717) is 0 Å². The van der Waals surface area contributed by atoms with E-state index in [0.717, 1.165) is 44.8 Å². The van der Waals surface area contributed by atoms with Crippen molar-refractivity contribution in [2.75, 3.05) is 31.1 Å². The van der Waals surface area contributed by atoms with Crippen LogP contribution in [-0.2, 0) is 19.3 Å². The standard InChI is InChI=1S/C18H26N4S/c1-2-6-15-20-17(22-11-9-19-10-12-22)16-13-7-4-3-5-8-14(13)23-18(16)21-15/h19H,2-12H2,1H3. The summed E-state index contributed by atoms with van der Waals surface area (Å²) >= 11 is 1.94. The first-order valence-electron chi connectivity index (χ1n) is 9.13. The fourth-order valence-corrected chi connectivity index (χ4v) is 5.07. The molecule has 23 heavy (non-hydrogen) atoms. The van der Waals surface area contributed by atoms with E-state index in [4.69, 9.17) is 9.97 Å². The Kier molecular flexibility index (Phi) is 4.49. The quantitative estimate of drug-likeness (QED) is 0.877. The van der Waals surface area contributed by atoms with Gasteiger partial charge in [0.05, 0.1) is 5.39 Å². The van der Waals surface area contributed by atoms with Crippen LogP contribution in [0.2, 0.25) is 0 Å². The highest BCUT2D eigenvalue weighted by molar-refractivity contribution is 7.19. The Bertz CT molecular complexity index is 688. The lowest BCUT2D eigenvalue weighted by Gasteiger charge is -2.29. The number of nitrogens with zero attached hydrogens (tertiary/aromatic N) is 3. The van der Waals surface area contributed by atoms with E-state index in [-0.39, 0.29) is 0 Å². The second kappa shape index (κ2) is 6.73. The largest absolute Gasteiger partial charge is 0.353 e. The summed E-state index contributed by atoms with van der Waals surface area (Å²) in [5.41, 5.74) is 1.57. The molecule has 1 aliphatic carbocycles. The summed E-state index contributed by atoms with van der Waals surface area (Å²) < 4.78 is 0. The molecule has 5 heteroatoms. The molecule has 1 N–H and O–H groups in total. The highest BCUT2D eigenvalue weighted by Crippen LogP contribution is 2.39. The van der Waals surface area contributed by atoms with Gasteiger partial charge in [-0.1, -0.05) is 13.3 Å². The zero-order valence-corrected chi connectivity index (χ0v) is 14.8. The highest BCUT2D eigenvalue weighted by Gasteiger charge is 2.23. The summed E-state index contributed by atoms with van der Waals surface area (Å²) in [6.07, 6.45) is 8.55. The van der Waals surface area contributed by atoms with E-state index in [2.05, 4.69) is 17.1 Å². The lowest BCUT2D eigenvalue weighted by atomic mass is 10.1. The van der Waals surface area contributed by atoms with Crippen molar-refractivity contribution >= 4 is 27.4 Å². The number of aryl methyl sites for hydroxylation is 3. The SMILES string of the molecule is CCCc1nc(N2CCNCC2)c2c3c(sc2n1)CCCCC3. The average molecular weight is 331 g/mol. The first-order chi connectivity index (χ1) is 11.4. The third kappa shape index (κ3) is 2.96. The van der Waals surface area contributed by atoms with Crippen LogP contribution in [0.25, 0.3) is 10.2 Å². The van der Waals surface area contributed by atoms with Gasteiger partial charge in [-0.15, -0.1) is 11.3 Å². The van der Waals surface area contributed by atoms with Gasteiger partial charge in [0, 0.05) is 37.5 Å². The van der Waals surface area contributed by atoms with Gasteiger partial charge in [-0.05, 0) is 37.7 Å². The number of anilines is 1. The maximum atomic E-state index is 5.02. The van der Waals surface area contributed by atoms with Crippen LogP contribution in [-0.4, -0.2) is 36.1 Å². The molecule has 1 aliphatic heterocycles. The lowest BCUT2D eigenvalue weighted by Crippen LogP contribution is -2.44. The summed E-state index contributed by atoms with van der Waals surface area (Å²) in [5.74, 6) is 2.25. The smallest absolute Gasteiger partial charge is 0.141 e. The Balaban J connectivity index is 1.87. The van der Waals surface area contributed by atoms with Crippen LogP contribution in [0.4, 0.5) is 5.82 Å². The predicted molar refractivity (Wildman–Crippen MR) is 97.8 cm³/mol. The van der Waals surface area contributed by atoms with Gasteiger partial charge in [0.15, 0.2) is 0 Å². The zero-order chi connectivity index (χ0) is 15.6. The molecule has 1 saturated heterocycles. The summed E-state index contributed by atoms with van der Waals surface area (Å²) in [4.78, 5) is 15.2. The van der Waals surface area contributed by atoms with Crippen molar-refractivity contribution in [1.82, 2.24) is 15.3 Å². The van der Waals surface area contributed by atoms with Gasteiger partial charge in [-0.2, -0.15) is 0 Å². The van der Waals surface area contributed by atoms with Crippen LogP contribution in [0.15, 0.2) is 0 Å². The Morgan fingerprint density at radius 3 is 2.74 bits per heavy atom. The second-order valence-corrected chi connectivity index (χ2v) is 7.78. The lowest BCUT2D eigenvalue weighted by molar-refractivity contribution is 0.585. The molecule has 2 aromatic heterocycles. The van der Waals surface area contributed by atoms with Crippen molar-refractivity contribution in [1.29, 1.82) is 0 Å². The third-order valence-corrected chi connectivity index (χ3v) is 6.17. The molecule has 0 atom stereocenters. The van der Waals surface area contributed by atoms with E-state index in [1.807, 2.05) is 11.3 Å². The van der Waals surface area contributed by atoms with Crippen molar-refractivity contribution in [3.05, 3.63) is 16.3 Å². The van der Waals surface area contributed by atoms with E-state index in [1.165, 1.54) is 48.1 Å². The average Bonchev–Trinajstić information content (AvgIpc) is 2.76. The van der Waals surface area contributed by atoms with Crippen LogP contribution in [0, 0.1) is 0 Å². The van der Waals surface area contributed by atoms with Crippen molar-refractivity contribution in [3.8, 4) is 0 Å². The number of hydrogen-bond donors (Lipinski definition) is 1. The van der Waals surface area contributed by atoms with Crippen LogP contribution >= 0.6 is 11.3 Å². The molecule has 0 spiro atoms. The maximum Gasteiger partial charge on any atom is 0.141 e. The number of nitrogens with one attached hydrogen (secondary N) is 1. The number of piperazine rings is 1. The number of fused-ring (bicyclic) bond motifs is 3. The number of aromatic nitrogens is 2. The topological polar surface area (TPSA) is 41.1 Å². The molecule has 0 amide bonds. The monoisotopic (exact) mass is 330 g/mol. The third-order valence-electron chi connectivity index (χ3n) is 4.98. The summed E-state index contributed by atoms with van der Waals surface area (Å²) in [6.45, 7) is 6.44. The molecule has 0 saturated carbocycles. The van der Waals surface area contributed by atoms with Gasteiger partial charge in [-0.25, -0.2) is 9.97 Å². The molecule has 0 bridgehead atoms. The molecule has 3 heterocycles. The highest BCUT2D eigenvalue weighted by atomic mass is 32.1. The van der Waals surface area contributed by atoms with Crippen LogP contribution in [0.5, 0.6) is 0 Å². The fraction of sp³-hybridized carbons (Fsp3) is 0.667. The van der Waals surface area contributed by atoms with Gasteiger partial charge >= 0.3 is 0 Å². The summed E-state index contributed by atoms with van der Waals surface area (Å²) in [7, 11) is 0. The molecule has 0 unspecified atom stereocenters. The predicted octanol–water partition coefficient (Wildman–Crippen LogP) is 3.32. The van der Waals surface area contributed by atoms with Gasteiger partial charge in [0.2, 0.25) is 0 Å². The molecule has 2 aliphatic rings. The van der Waals surface area contributed by atoms with Crippen molar-refractivity contribution < 1.29 is 0 Å². The van der Waals surface area contributed by atoms with E-state index < -0.39 is 0 Å². The molecular formula is C18H26N4S. The maximum absolute atomic E-state index is 5.02. The van der Waals surface area contributed by atoms with Gasteiger partial charge in [0.1, 0.15) is 16.5 Å². The van der Waals surface area contributed by atoms with E-state index in [1.54, 1.807) is 10.4 Å². The molecule has 2 aromatic rings. The molecule has 4 rings (SSSR count). The van der Waals surface area contributed by atoms with Crippen LogP contribution < -0.4 is 10.2 Å². The zero-order valence-electron chi connectivity index (χ0n) is 14.0. The minimum atomic E-state index is 0.984. The molecule has 1 fully saturated rings. The number of thiophene rings is 1. The molecular weight excluding hydrogens is 304 g/mol. The van der Waals surface area contributed by atoms with Crippen molar-refractivity contribution in [2.24, 2.45) is 0 Å². The second-order valence-electron chi connectivity index (χ2n) is 6.70. The Morgan fingerprint density at radius 1 is 1.09 bits per heavy atom. The number of hydrogen-bond acceptors (Lipinski definition) is 5. The molecule has 0 aromatic carbocycles. The van der Waals surface area contributed by atoms with Gasteiger partial charge < -0.3 is 10.2 Å². The van der Waals surface area contributed by atoms with Gasteiger partial charge in [0.25, 0.3) is 0 Å². The molecule has 124 valence electrons. The first kappa shape index (κ1) is 15.3. The first-order valence-corrected chi connectivity index (χ1v) is 9.95. The Labute approximate surface area is 142 Å².